The minimum atomic E-state index is 0.138. The van der Waals surface area contributed by atoms with Crippen molar-refractivity contribution in [2.24, 2.45) is 0 Å². The summed E-state index contributed by atoms with van der Waals surface area (Å²) in [5.74, 6) is 4.12. The fraction of sp³-hybridized carbons (Fsp3) is 0.125. The zero-order valence-corrected chi connectivity index (χ0v) is 10.8. The lowest BCUT2D eigenvalue weighted by atomic mass is 9.98. The molecule has 0 saturated heterocycles. The van der Waals surface area contributed by atoms with Crippen molar-refractivity contribution in [2.75, 3.05) is 14.2 Å². The summed E-state index contributed by atoms with van der Waals surface area (Å²) in [5, 5.41) is 9.49. The summed E-state index contributed by atoms with van der Waals surface area (Å²) in [7, 11) is 3.20. The van der Waals surface area contributed by atoms with Crippen LogP contribution in [-0.4, -0.2) is 19.3 Å². The highest BCUT2D eigenvalue weighted by atomic mass is 16.5. The number of methoxy groups -OCH3 is 2. The molecule has 3 nitrogen and oxygen atoms in total. The quantitative estimate of drug-likeness (QED) is 0.855. The van der Waals surface area contributed by atoms with Gasteiger partial charge in [-0.1, -0.05) is 5.92 Å². The van der Waals surface area contributed by atoms with Crippen molar-refractivity contribution < 1.29 is 14.6 Å². The van der Waals surface area contributed by atoms with Gasteiger partial charge in [-0.2, -0.15) is 0 Å². The SMILES string of the molecule is C#Cc1cc(O)ccc1-c1cc(OC)ccc1OC. The van der Waals surface area contributed by atoms with Crippen LogP contribution in [0.25, 0.3) is 11.1 Å². The number of ether oxygens (including phenoxy) is 2. The van der Waals surface area contributed by atoms with Gasteiger partial charge in [-0.15, -0.1) is 6.42 Å². The molecule has 0 aliphatic heterocycles. The Balaban J connectivity index is 2.67. The molecule has 0 saturated carbocycles. The first-order valence-corrected chi connectivity index (χ1v) is 5.71. The highest BCUT2D eigenvalue weighted by molar-refractivity contribution is 5.77. The van der Waals surface area contributed by atoms with E-state index >= 15 is 0 Å². The van der Waals surface area contributed by atoms with Crippen LogP contribution in [0.3, 0.4) is 0 Å². The summed E-state index contributed by atoms with van der Waals surface area (Å²) < 4.78 is 10.6. The third-order valence-corrected chi connectivity index (χ3v) is 2.86. The van der Waals surface area contributed by atoms with Gasteiger partial charge >= 0.3 is 0 Å². The molecule has 0 aromatic heterocycles. The third-order valence-electron chi connectivity index (χ3n) is 2.86. The highest BCUT2D eigenvalue weighted by Gasteiger charge is 2.11. The predicted molar refractivity (Wildman–Crippen MR) is 74.6 cm³/mol. The van der Waals surface area contributed by atoms with Crippen molar-refractivity contribution >= 4 is 0 Å². The number of aromatic hydroxyl groups is 1. The highest BCUT2D eigenvalue weighted by Crippen LogP contribution is 2.36. The summed E-state index contributed by atoms with van der Waals surface area (Å²) in [6.45, 7) is 0. The lowest BCUT2D eigenvalue weighted by Gasteiger charge is -2.12. The van der Waals surface area contributed by atoms with Gasteiger partial charge in [0.15, 0.2) is 0 Å². The normalized spacial score (nSPS) is 9.74. The van der Waals surface area contributed by atoms with E-state index in [-0.39, 0.29) is 5.75 Å². The fourth-order valence-electron chi connectivity index (χ4n) is 1.91. The second-order valence-electron chi connectivity index (χ2n) is 3.94. The van der Waals surface area contributed by atoms with E-state index in [0.717, 1.165) is 11.1 Å². The molecule has 0 fully saturated rings. The average Bonchev–Trinajstić information content (AvgIpc) is 2.46. The smallest absolute Gasteiger partial charge is 0.126 e. The first-order chi connectivity index (χ1) is 9.19. The first kappa shape index (κ1) is 12.8. The van der Waals surface area contributed by atoms with Crippen LogP contribution < -0.4 is 9.47 Å². The van der Waals surface area contributed by atoms with Crippen molar-refractivity contribution in [2.45, 2.75) is 0 Å². The van der Waals surface area contributed by atoms with Gasteiger partial charge in [0, 0.05) is 16.7 Å². The van der Waals surface area contributed by atoms with Crippen LogP contribution in [-0.2, 0) is 0 Å². The van der Waals surface area contributed by atoms with Crippen LogP contribution in [0.2, 0.25) is 0 Å². The van der Waals surface area contributed by atoms with Gasteiger partial charge in [0.1, 0.15) is 17.2 Å². The minimum Gasteiger partial charge on any atom is -0.508 e. The Hall–Kier alpha value is -2.60. The topological polar surface area (TPSA) is 38.7 Å². The molecule has 2 aromatic rings. The van der Waals surface area contributed by atoms with Crippen molar-refractivity contribution in [3.05, 3.63) is 42.0 Å². The molecule has 2 aromatic carbocycles. The first-order valence-electron chi connectivity index (χ1n) is 5.71. The molecular formula is C16H14O3. The van der Waals surface area contributed by atoms with E-state index in [1.807, 2.05) is 18.2 Å². The minimum absolute atomic E-state index is 0.138. The molecule has 19 heavy (non-hydrogen) atoms. The van der Waals surface area contributed by atoms with Crippen LogP contribution in [0.15, 0.2) is 36.4 Å². The molecule has 0 bridgehead atoms. The number of terminal acetylenes is 1. The Bertz CT molecular complexity index is 639. The maximum absolute atomic E-state index is 9.49. The average molecular weight is 254 g/mol. The fourth-order valence-corrected chi connectivity index (χ4v) is 1.91. The Labute approximate surface area is 112 Å². The number of phenolic OH excluding ortho intramolecular Hbond substituents is 1. The molecule has 0 atom stereocenters. The zero-order chi connectivity index (χ0) is 13.8. The van der Waals surface area contributed by atoms with Gasteiger partial charge in [0.2, 0.25) is 0 Å². The molecular weight excluding hydrogens is 240 g/mol. The Morgan fingerprint density at radius 3 is 2.42 bits per heavy atom. The molecule has 0 amide bonds. The van der Waals surface area contributed by atoms with Crippen LogP contribution in [0.4, 0.5) is 0 Å². The van der Waals surface area contributed by atoms with Crippen LogP contribution in [0.5, 0.6) is 17.2 Å². The van der Waals surface area contributed by atoms with Gasteiger partial charge in [-0.05, 0) is 36.4 Å². The Morgan fingerprint density at radius 2 is 1.79 bits per heavy atom. The number of phenols is 1. The van der Waals surface area contributed by atoms with Crippen LogP contribution in [0, 0.1) is 12.3 Å². The molecule has 0 aliphatic carbocycles. The lowest BCUT2D eigenvalue weighted by molar-refractivity contribution is 0.404. The van der Waals surface area contributed by atoms with E-state index in [9.17, 15) is 5.11 Å². The van der Waals surface area contributed by atoms with Crippen molar-refractivity contribution in [1.82, 2.24) is 0 Å². The van der Waals surface area contributed by atoms with E-state index < -0.39 is 0 Å². The maximum atomic E-state index is 9.49. The zero-order valence-electron chi connectivity index (χ0n) is 10.8. The molecule has 2 rings (SSSR count). The predicted octanol–water partition coefficient (Wildman–Crippen LogP) is 3.06. The lowest BCUT2D eigenvalue weighted by Crippen LogP contribution is -1.92. The van der Waals surface area contributed by atoms with E-state index in [2.05, 4.69) is 5.92 Å². The standard InChI is InChI=1S/C16H14O3/c1-4-11-9-12(17)5-7-14(11)15-10-13(18-2)6-8-16(15)19-3/h1,5-10,17H,2-3H3. The second-order valence-corrected chi connectivity index (χ2v) is 3.94. The Morgan fingerprint density at radius 1 is 1.00 bits per heavy atom. The van der Waals surface area contributed by atoms with E-state index in [0.29, 0.717) is 17.1 Å². The third kappa shape index (κ3) is 2.48. The number of hydrogen-bond donors (Lipinski definition) is 1. The van der Waals surface area contributed by atoms with Gasteiger partial charge in [-0.3, -0.25) is 0 Å². The number of benzene rings is 2. The van der Waals surface area contributed by atoms with Gasteiger partial charge < -0.3 is 14.6 Å². The largest absolute Gasteiger partial charge is 0.508 e. The van der Waals surface area contributed by atoms with Crippen molar-refractivity contribution in [3.8, 4) is 40.7 Å². The summed E-state index contributed by atoms with van der Waals surface area (Å²) in [6, 6.07) is 10.4. The van der Waals surface area contributed by atoms with Gasteiger partial charge in [0.25, 0.3) is 0 Å². The molecule has 0 unspecified atom stereocenters. The number of hydrogen-bond acceptors (Lipinski definition) is 3. The van der Waals surface area contributed by atoms with Crippen LogP contribution >= 0.6 is 0 Å². The molecule has 1 N–H and O–H groups in total. The van der Waals surface area contributed by atoms with E-state index in [1.165, 1.54) is 0 Å². The molecule has 0 radical (unpaired) electrons. The van der Waals surface area contributed by atoms with Crippen molar-refractivity contribution in [3.63, 3.8) is 0 Å². The molecule has 96 valence electrons. The van der Waals surface area contributed by atoms with Gasteiger partial charge in [0.05, 0.1) is 14.2 Å². The van der Waals surface area contributed by atoms with E-state index in [4.69, 9.17) is 15.9 Å². The summed E-state index contributed by atoms with van der Waals surface area (Å²) in [5.41, 5.74) is 2.25. The molecule has 0 heterocycles. The van der Waals surface area contributed by atoms with Gasteiger partial charge in [-0.25, -0.2) is 0 Å². The maximum Gasteiger partial charge on any atom is 0.126 e. The van der Waals surface area contributed by atoms with E-state index in [1.54, 1.807) is 32.4 Å². The summed E-state index contributed by atoms with van der Waals surface area (Å²) >= 11 is 0. The van der Waals surface area contributed by atoms with Crippen LogP contribution in [0.1, 0.15) is 5.56 Å². The van der Waals surface area contributed by atoms with Crippen molar-refractivity contribution in [1.29, 1.82) is 0 Å². The monoisotopic (exact) mass is 254 g/mol. The molecule has 0 spiro atoms. The second kappa shape index (κ2) is 5.36. The summed E-state index contributed by atoms with van der Waals surface area (Å²) in [4.78, 5) is 0. The number of rotatable bonds is 3. The molecule has 3 heteroatoms. The Kier molecular flexibility index (Phi) is 3.63. The summed E-state index contributed by atoms with van der Waals surface area (Å²) in [6.07, 6.45) is 5.49. The molecule has 0 aliphatic rings.